The molecule has 0 radical (unpaired) electrons. The molecule has 4 aromatic rings. The molecular weight excluding hydrogens is 369 g/mol. The van der Waals surface area contributed by atoms with Gasteiger partial charge in [0.15, 0.2) is 17.4 Å². The van der Waals surface area contributed by atoms with Crippen molar-refractivity contribution in [2.24, 2.45) is 0 Å². The summed E-state index contributed by atoms with van der Waals surface area (Å²) >= 11 is 1.44. The lowest BCUT2D eigenvalue weighted by Gasteiger charge is -2.03. The predicted octanol–water partition coefficient (Wildman–Crippen LogP) is 4.74. The van der Waals surface area contributed by atoms with Crippen molar-refractivity contribution in [2.75, 3.05) is 6.61 Å². The van der Waals surface area contributed by atoms with E-state index in [2.05, 4.69) is 4.98 Å². The van der Waals surface area contributed by atoms with Crippen LogP contribution in [0.3, 0.4) is 0 Å². The number of thiazole rings is 1. The van der Waals surface area contributed by atoms with Crippen LogP contribution in [-0.4, -0.2) is 23.3 Å². The molecule has 27 heavy (non-hydrogen) atoms. The average molecular weight is 381 g/mol. The van der Waals surface area contributed by atoms with Gasteiger partial charge in [-0.2, -0.15) is 0 Å². The lowest BCUT2D eigenvalue weighted by atomic mass is 10.1. The highest BCUT2D eigenvalue weighted by molar-refractivity contribution is 7.21. The third kappa shape index (κ3) is 3.50. The van der Waals surface area contributed by atoms with Gasteiger partial charge in [-0.25, -0.2) is 14.2 Å². The fourth-order valence-electron chi connectivity index (χ4n) is 2.51. The van der Waals surface area contributed by atoms with Crippen molar-refractivity contribution < 1.29 is 23.1 Å². The summed E-state index contributed by atoms with van der Waals surface area (Å²) in [5.41, 5.74) is 0.716. The fraction of sp³-hybridized carbons (Fsp3) is 0.0500. The van der Waals surface area contributed by atoms with Crippen molar-refractivity contribution >= 4 is 33.3 Å². The summed E-state index contributed by atoms with van der Waals surface area (Å²) in [5.74, 6) is -1.70. The summed E-state index contributed by atoms with van der Waals surface area (Å²) in [5, 5.41) is 0.637. The van der Waals surface area contributed by atoms with Crippen LogP contribution < -0.4 is 0 Å². The quantitative estimate of drug-likeness (QED) is 0.369. The zero-order valence-electron chi connectivity index (χ0n) is 13.8. The molecule has 0 atom stereocenters. The van der Waals surface area contributed by atoms with Crippen LogP contribution in [0.25, 0.3) is 21.0 Å². The maximum Gasteiger partial charge on any atom is 0.374 e. The molecule has 4 rings (SSSR count). The number of benzene rings is 2. The van der Waals surface area contributed by atoms with Gasteiger partial charge in [0.25, 0.3) is 0 Å². The van der Waals surface area contributed by atoms with Crippen LogP contribution in [-0.2, 0) is 4.74 Å². The van der Waals surface area contributed by atoms with Crippen LogP contribution >= 0.6 is 11.3 Å². The Morgan fingerprint density at radius 1 is 1.04 bits per heavy atom. The van der Waals surface area contributed by atoms with Crippen LogP contribution in [0, 0.1) is 5.82 Å². The van der Waals surface area contributed by atoms with Crippen LogP contribution in [0.5, 0.6) is 0 Å². The standard InChI is InChI=1S/C20H12FNO4S/c21-13-6-2-1-5-12(13)15(23)11-25-20(24)17-10-9-16(26-17)19-22-14-7-3-4-8-18(14)27-19/h1-10H,11H2. The number of furan rings is 1. The molecule has 0 amide bonds. The largest absolute Gasteiger partial charge is 0.451 e. The maximum absolute atomic E-state index is 13.6. The van der Waals surface area contributed by atoms with Gasteiger partial charge in [0.2, 0.25) is 11.5 Å². The number of hydrogen-bond donors (Lipinski definition) is 0. The highest BCUT2D eigenvalue weighted by atomic mass is 32.1. The minimum absolute atomic E-state index is 0.0504. The Bertz CT molecular complexity index is 1110. The first-order valence-electron chi connectivity index (χ1n) is 8.02. The molecule has 7 heteroatoms. The first kappa shape index (κ1) is 17.1. The summed E-state index contributed by atoms with van der Waals surface area (Å²) < 4.78 is 25.0. The van der Waals surface area contributed by atoms with Gasteiger partial charge in [-0.15, -0.1) is 11.3 Å². The molecule has 0 bridgehead atoms. The van der Waals surface area contributed by atoms with Crippen molar-refractivity contribution in [1.29, 1.82) is 0 Å². The zero-order valence-corrected chi connectivity index (χ0v) is 14.7. The van der Waals surface area contributed by atoms with Crippen molar-refractivity contribution in [3.63, 3.8) is 0 Å². The number of para-hydroxylation sites is 1. The number of Topliss-reactive ketones (excluding diaryl/α,β-unsaturated/α-hetero) is 1. The number of nitrogens with zero attached hydrogens (tertiary/aromatic N) is 1. The fourth-order valence-corrected chi connectivity index (χ4v) is 3.43. The van der Waals surface area contributed by atoms with Gasteiger partial charge < -0.3 is 9.15 Å². The molecule has 5 nitrogen and oxygen atoms in total. The van der Waals surface area contributed by atoms with Gasteiger partial charge in [-0.1, -0.05) is 24.3 Å². The van der Waals surface area contributed by atoms with E-state index >= 15 is 0 Å². The van der Waals surface area contributed by atoms with Crippen molar-refractivity contribution in [1.82, 2.24) is 4.98 Å². The van der Waals surface area contributed by atoms with Gasteiger partial charge >= 0.3 is 5.97 Å². The maximum atomic E-state index is 13.6. The first-order valence-corrected chi connectivity index (χ1v) is 8.84. The number of rotatable bonds is 5. The van der Waals surface area contributed by atoms with E-state index in [1.807, 2.05) is 24.3 Å². The summed E-state index contributed by atoms with van der Waals surface area (Å²) in [7, 11) is 0. The van der Waals surface area contributed by atoms with Crippen molar-refractivity contribution in [3.05, 3.63) is 77.8 Å². The Morgan fingerprint density at radius 2 is 1.81 bits per heavy atom. The van der Waals surface area contributed by atoms with E-state index in [0.717, 1.165) is 10.2 Å². The molecule has 2 aromatic heterocycles. The van der Waals surface area contributed by atoms with E-state index in [0.29, 0.717) is 10.8 Å². The number of fused-ring (bicyclic) bond motifs is 1. The Hall–Kier alpha value is -3.32. The van der Waals surface area contributed by atoms with Crippen LogP contribution in [0.4, 0.5) is 4.39 Å². The monoisotopic (exact) mass is 381 g/mol. The van der Waals surface area contributed by atoms with E-state index in [4.69, 9.17) is 9.15 Å². The number of aromatic nitrogens is 1. The second-order valence-electron chi connectivity index (χ2n) is 5.63. The molecule has 0 N–H and O–H groups in total. The predicted molar refractivity (Wildman–Crippen MR) is 98.3 cm³/mol. The minimum Gasteiger partial charge on any atom is -0.451 e. The number of carbonyl (C=O) groups is 2. The molecule has 0 unspecified atom stereocenters. The van der Waals surface area contributed by atoms with Gasteiger partial charge in [0, 0.05) is 0 Å². The van der Waals surface area contributed by atoms with Crippen molar-refractivity contribution in [3.8, 4) is 10.8 Å². The number of hydrogen-bond acceptors (Lipinski definition) is 6. The normalized spacial score (nSPS) is 10.9. The number of ketones is 1. The third-order valence-corrected chi connectivity index (χ3v) is 4.87. The van der Waals surface area contributed by atoms with Crippen LogP contribution in [0.2, 0.25) is 0 Å². The Kier molecular flexibility index (Phi) is 4.52. The molecule has 0 aliphatic carbocycles. The average Bonchev–Trinajstić information content (AvgIpc) is 3.33. The molecule has 134 valence electrons. The highest BCUT2D eigenvalue weighted by Gasteiger charge is 2.18. The van der Waals surface area contributed by atoms with Gasteiger partial charge in [0.05, 0.1) is 15.8 Å². The topological polar surface area (TPSA) is 69.4 Å². The minimum atomic E-state index is -0.799. The molecule has 0 aliphatic rings. The zero-order chi connectivity index (χ0) is 18.8. The Morgan fingerprint density at radius 3 is 2.63 bits per heavy atom. The summed E-state index contributed by atoms with van der Waals surface area (Å²) in [4.78, 5) is 28.5. The van der Waals surface area contributed by atoms with Crippen LogP contribution in [0.1, 0.15) is 20.9 Å². The molecule has 2 aromatic carbocycles. The number of carbonyl (C=O) groups excluding carboxylic acids is 2. The lowest BCUT2D eigenvalue weighted by Crippen LogP contribution is -2.15. The molecule has 0 saturated heterocycles. The van der Waals surface area contributed by atoms with E-state index in [1.54, 1.807) is 6.07 Å². The second kappa shape index (κ2) is 7.13. The second-order valence-corrected chi connectivity index (χ2v) is 6.66. The molecule has 0 aliphatic heterocycles. The summed E-state index contributed by atoms with van der Waals surface area (Å²) in [6, 6.07) is 16.2. The summed E-state index contributed by atoms with van der Waals surface area (Å²) in [6.07, 6.45) is 0. The molecule has 0 fully saturated rings. The number of halogens is 1. The smallest absolute Gasteiger partial charge is 0.374 e. The van der Waals surface area contributed by atoms with E-state index in [-0.39, 0.29) is 11.3 Å². The van der Waals surface area contributed by atoms with E-state index < -0.39 is 24.2 Å². The van der Waals surface area contributed by atoms with Gasteiger partial charge in [-0.05, 0) is 36.4 Å². The third-order valence-electron chi connectivity index (χ3n) is 3.82. The molecule has 0 saturated carbocycles. The molecular formula is C20H12FNO4S. The first-order chi connectivity index (χ1) is 13.1. The van der Waals surface area contributed by atoms with Gasteiger partial charge in [-0.3, -0.25) is 4.79 Å². The summed E-state index contributed by atoms with van der Waals surface area (Å²) in [6.45, 7) is -0.572. The highest BCUT2D eigenvalue weighted by Crippen LogP contribution is 2.31. The van der Waals surface area contributed by atoms with Crippen molar-refractivity contribution in [2.45, 2.75) is 0 Å². The van der Waals surface area contributed by atoms with Crippen LogP contribution in [0.15, 0.2) is 65.1 Å². The number of ether oxygens (including phenoxy) is 1. The number of esters is 1. The molecule has 2 heterocycles. The SMILES string of the molecule is O=C(OCC(=O)c1ccccc1F)c1ccc(-c2nc3ccccc3s2)o1. The lowest BCUT2D eigenvalue weighted by molar-refractivity contribution is 0.0444. The molecule has 0 spiro atoms. The van der Waals surface area contributed by atoms with Gasteiger partial charge in [0.1, 0.15) is 5.82 Å². The van der Waals surface area contributed by atoms with E-state index in [9.17, 15) is 14.0 Å². The Labute approximate surface area is 157 Å². The Balaban J connectivity index is 1.46. The van der Waals surface area contributed by atoms with E-state index in [1.165, 1.54) is 41.7 Å².